The average molecular weight is 377 g/mol. The molecule has 0 radical (unpaired) electrons. The smallest absolute Gasteiger partial charge is 0.213 e. The Kier molecular flexibility index (Phi) is 4.96. The summed E-state index contributed by atoms with van der Waals surface area (Å²) in [4.78, 5) is 12.7. The molecule has 28 heavy (non-hydrogen) atoms. The first kappa shape index (κ1) is 18.4. The molecule has 144 valence electrons. The van der Waals surface area contributed by atoms with Gasteiger partial charge in [0.15, 0.2) is 0 Å². The van der Waals surface area contributed by atoms with Gasteiger partial charge in [0.2, 0.25) is 5.95 Å². The Morgan fingerprint density at radius 2 is 1.96 bits per heavy atom. The molecular weight excluding hydrogens is 353 g/mol. The van der Waals surface area contributed by atoms with Crippen LogP contribution in [0.4, 0.5) is 15.9 Å². The molecule has 1 atom stereocenters. The number of hydrogen-bond donors (Lipinski definition) is 1. The van der Waals surface area contributed by atoms with E-state index in [4.69, 9.17) is 5.73 Å². The standard InChI is InChI=1S/C22H24FN5/c1-15-12-27(2)20-10-16(17-8-9-25-22(24)11-17)6-7-18(20)13-28(15)14-19-4-3-5-21(23)26-19/h3-11,15H,12-14H2,1-2H3,(H2,24,25)/t15-/m1/s1. The number of pyridine rings is 2. The van der Waals surface area contributed by atoms with Crippen molar-refractivity contribution in [2.45, 2.75) is 26.1 Å². The topological polar surface area (TPSA) is 58.3 Å². The second-order valence-corrected chi connectivity index (χ2v) is 7.40. The summed E-state index contributed by atoms with van der Waals surface area (Å²) in [6.07, 6.45) is 1.73. The predicted molar refractivity (Wildman–Crippen MR) is 110 cm³/mol. The molecule has 1 aliphatic rings. The van der Waals surface area contributed by atoms with Crippen molar-refractivity contribution in [1.82, 2.24) is 14.9 Å². The minimum absolute atomic E-state index is 0.308. The monoisotopic (exact) mass is 377 g/mol. The number of nitrogen functional groups attached to an aromatic ring is 1. The van der Waals surface area contributed by atoms with Crippen LogP contribution in [0.5, 0.6) is 0 Å². The minimum atomic E-state index is -0.432. The molecule has 0 unspecified atom stereocenters. The van der Waals surface area contributed by atoms with E-state index in [-0.39, 0.29) is 0 Å². The molecular formula is C22H24FN5. The highest BCUT2D eigenvalue weighted by molar-refractivity contribution is 5.72. The van der Waals surface area contributed by atoms with E-state index < -0.39 is 5.95 Å². The first-order chi connectivity index (χ1) is 13.5. The molecule has 0 saturated heterocycles. The lowest BCUT2D eigenvalue weighted by atomic mass is 10.0. The number of nitrogens with zero attached hydrogens (tertiary/aromatic N) is 4. The summed E-state index contributed by atoms with van der Waals surface area (Å²) in [6, 6.07) is 15.6. The first-order valence-electron chi connectivity index (χ1n) is 9.41. The van der Waals surface area contributed by atoms with Gasteiger partial charge >= 0.3 is 0 Å². The molecule has 6 heteroatoms. The van der Waals surface area contributed by atoms with Crippen LogP contribution in [0.2, 0.25) is 0 Å². The number of halogens is 1. The Bertz CT molecular complexity index is 990. The van der Waals surface area contributed by atoms with Crippen LogP contribution in [0, 0.1) is 5.95 Å². The van der Waals surface area contributed by atoms with Crippen molar-refractivity contribution >= 4 is 11.5 Å². The van der Waals surface area contributed by atoms with Crippen molar-refractivity contribution in [3.63, 3.8) is 0 Å². The number of fused-ring (bicyclic) bond motifs is 1. The largest absolute Gasteiger partial charge is 0.384 e. The van der Waals surface area contributed by atoms with Gasteiger partial charge in [-0.05, 0) is 53.9 Å². The van der Waals surface area contributed by atoms with Crippen molar-refractivity contribution in [1.29, 1.82) is 0 Å². The number of benzene rings is 1. The molecule has 0 fully saturated rings. The van der Waals surface area contributed by atoms with Crippen LogP contribution in [0.3, 0.4) is 0 Å². The van der Waals surface area contributed by atoms with E-state index in [0.29, 0.717) is 18.4 Å². The fourth-order valence-corrected chi connectivity index (χ4v) is 3.80. The molecule has 1 aromatic carbocycles. The molecule has 3 aromatic rings. The van der Waals surface area contributed by atoms with Gasteiger partial charge in [0.25, 0.3) is 0 Å². The minimum Gasteiger partial charge on any atom is -0.384 e. The number of aromatic nitrogens is 2. The molecule has 3 heterocycles. The van der Waals surface area contributed by atoms with Crippen LogP contribution in [-0.4, -0.2) is 34.5 Å². The summed E-state index contributed by atoms with van der Waals surface area (Å²) in [5, 5.41) is 0. The van der Waals surface area contributed by atoms with Crippen molar-refractivity contribution in [3.8, 4) is 11.1 Å². The lowest BCUT2D eigenvalue weighted by molar-refractivity contribution is 0.196. The van der Waals surface area contributed by atoms with Gasteiger partial charge in [-0.2, -0.15) is 4.39 Å². The molecule has 1 aliphatic heterocycles. The van der Waals surface area contributed by atoms with Crippen LogP contribution >= 0.6 is 0 Å². The normalized spacial score (nSPS) is 17.2. The third-order valence-electron chi connectivity index (χ3n) is 5.28. The van der Waals surface area contributed by atoms with E-state index in [1.165, 1.54) is 17.3 Å². The van der Waals surface area contributed by atoms with Crippen LogP contribution < -0.4 is 10.6 Å². The molecule has 5 nitrogen and oxygen atoms in total. The second-order valence-electron chi connectivity index (χ2n) is 7.40. The maximum atomic E-state index is 13.5. The van der Waals surface area contributed by atoms with Gasteiger partial charge in [-0.15, -0.1) is 0 Å². The van der Waals surface area contributed by atoms with E-state index in [0.717, 1.165) is 29.9 Å². The Hall–Kier alpha value is -2.99. The summed E-state index contributed by atoms with van der Waals surface area (Å²) in [5.41, 5.74) is 11.2. The van der Waals surface area contributed by atoms with Gasteiger partial charge in [-0.1, -0.05) is 18.2 Å². The highest BCUT2D eigenvalue weighted by atomic mass is 19.1. The van der Waals surface area contributed by atoms with Crippen molar-refractivity contribution in [2.75, 3.05) is 24.2 Å². The molecule has 0 amide bonds. The highest BCUT2D eigenvalue weighted by Crippen LogP contribution is 2.32. The van der Waals surface area contributed by atoms with Crippen molar-refractivity contribution in [2.24, 2.45) is 0 Å². The Morgan fingerprint density at radius 3 is 2.75 bits per heavy atom. The molecule has 0 bridgehead atoms. The number of likely N-dealkylation sites (N-methyl/N-ethyl adjacent to an activating group) is 1. The van der Waals surface area contributed by atoms with E-state index in [2.05, 4.69) is 51.9 Å². The fourth-order valence-electron chi connectivity index (χ4n) is 3.80. The molecule has 2 N–H and O–H groups in total. The van der Waals surface area contributed by atoms with Gasteiger partial charge < -0.3 is 10.6 Å². The van der Waals surface area contributed by atoms with Crippen LogP contribution in [0.1, 0.15) is 18.2 Å². The SMILES string of the molecule is C[C@@H]1CN(C)c2cc(-c3ccnc(N)c3)ccc2CN1Cc1cccc(F)n1. The zero-order chi connectivity index (χ0) is 19.7. The number of anilines is 2. The van der Waals surface area contributed by atoms with Gasteiger partial charge in [-0.3, -0.25) is 4.90 Å². The van der Waals surface area contributed by atoms with E-state index in [9.17, 15) is 4.39 Å². The van der Waals surface area contributed by atoms with E-state index in [1.54, 1.807) is 12.3 Å². The van der Waals surface area contributed by atoms with Gasteiger partial charge in [0, 0.05) is 44.6 Å². The summed E-state index contributed by atoms with van der Waals surface area (Å²) >= 11 is 0. The maximum absolute atomic E-state index is 13.5. The van der Waals surface area contributed by atoms with Crippen LogP contribution in [0.15, 0.2) is 54.7 Å². The Labute approximate surface area is 164 Å². The van der Waals surface area contributed by atoms with Crippen molar-refractivity contribution < 1.29 is 4.39 Å². The summed E-state index contributed by atoms with van der Waals surface area (Å²) in [7, 11) is 2.12. The van der Waals surface area contributed by atoms with Gasteiger partial charge in [0.1, 0.15) is 5.82 Å². The molecule has 4 rings (SSSR count). The third kappa shape index (κ3) is 3.82. The van der Waals surface area contributed by atoms with E-state index >= 15 is 0 Å². The number of nitrogens with two attached hydrogens (primary N) is 1. The zero-order valence-electron chi connectivity index (χ0n) is 16.1. The van der Waals surface area contributed by atoms with Gasteiger partial charge in [0.05, 0.1) is 5.69 Å². The third-order valence-corrected chi connectivity index (χ3v) is 5.28. The van der Waals surface area contributed by atoms with E-state index in [1.807, 2.05) is 18.2 Å². The summed E-state index contributed by atoms with van der Waals surface area (Å²) < 4.78 is 13.5. The average Bonchev–Trinajstić information content (AvgIpc) is 2.78. The number of hydrogen-bond acceptors (Lipinski definition) is 5. The zero-order valence-corrected chi connectivity index (χ0v) is 16.1. The quantitative estimate of drug-likeness (QED) is 0.705. The molecule has 0 spiro atoms. The van der Waals surface area contributed by atoms with Crippen molar-refractivity contribution in [3.05, 3.63) is 71.9 Å². The Morgan fingerprint density at radius 1 is 1.14 bits per heavy atom. The molecule has 2 aromatic heterocycles. The molecule has 0 saturated carbocycles. The first-order valence-corrected chi connectivity index (χ1v) is 9.41. The maximum Gasteiger partial charge on any atom is 0.213 e. The lowest BCUT2D eigenvalue weighted by Gasteiger charge is -2.28. The highest BCUT2D eigenvalue weighted by Gasteiger charge is 2.24. The van der Waals surface area contributed by atoms with Gasteiger partial charge in [-0.25, -0.2) is 9.97 Å². The van der Waals surface area contributed by atoms with Crippen LogP contribution in [0.25, 0.3) is 11.1 Å². The second kappa shape index (κ2) is 7.56. The predicted octanol–water partition coefficient (Wildman–Crippen LogP) is 3.71. The molecule has 0 aliphatic carbocycles. The lowest BCUT2D eigenvalue weighted by Crippen LogP contribution is -2.37. The summed E-state index contributed by atoms with van der Waals surface area (Å²) in [5.74, 6) is 0.0851. The fraction of sp³-hybridized carbons (Fsp3) is 0.273. The van der Waals surface area contributed by atoms with Crippen LogP contribution in [-0.2, 0) is 13.1 Å². The Balaban J connectivity index is 1.64. The summed E-state index contributed by atoms with van der Waals surface area (Å²) in [6.45, 7) is 4.49. The number of rotatable bonds is 3.